The van der Waals surface area contributed by atoms with Crippen LogP contribution in [-0.4, -0.2) is 49.9 Å². The third-order valence-corrected chi connectivity index (χ3v) is 6.74. The fraction of sp³-hybridized carbons (Fsp3) is 0.190. The zero-order chi connectivity index (χ0) is 21.9. The molecule has 1 unspecified atom stereocenters. The quantitative estimate of drug-likeness (QED) is 0.313. The summed E-state index contributed by atoms with van der Waals surface area (Å²) >= 11 is 5.98. The lowest BCUT2D eigenvalue weighted by molar-refractivity contribution is 0.164. The lowest BCUT2D eigenvalue weighted by atomic mass is 10.1. The van der Waals surface area contributed by atoms with Crippen molar-refractivity contribution in [3.05, 3.63) is 71.2 Å². The molecule has 0 amide bonds. The Bertz CT molecular complexity index is 1170. The van der Waals surface area contributed by atoms with Gasteiger partial charge < -0.3 is 16.2 Å². The molecular formula is C21H23ClN4O3S. The molecule has 3 aromatic rings. The van der Waals surface area contributed by atoms with Crippen LogP contribution in [0.3, 0.4) is 0 Å². The summed E-state index contributed by atoms with van der Waals surface area (Å²) in [6.07, 6.45) is -0.920. The SMILES string of the molecule is CN(CC(O)CNc1ccc(C(=N)N)cc1)S(=O)(=O)c1ccc2cc(Cl)ccc2c1. The fourth-order valence-electron chi connectivity index (χ4n) is 3.00. The zero-order valence-corrected chi connectivity index (χ0v) is 17.9. The predicted octanol–water partition coefficient (Wildman–Crippen LogP) is 2.87. The molecular weight excluding hydrogens is 424 g/mol. The maximum atomic E-state index is 12.9. The van der Waals surface area contributed by atoms with Crippen molar-refractivity contribution in [1.82, 2.24) is 4.31 Å². The Morgan fingerprint density at radius 2 is 1.77 bits per heavy atom. The first kappa shape index (κ1) is 22.0. The molecule has 1 atom stereocenters. The lowest BCUT2D eigenvalue weighted by Crippen LogP contribution is -2.37. The Labute approximate surface area is 180 Å². The van der Waals surface area contributed by atoms with Gasteiger partial charge in [-0.2, -0.15) is 4.31 Å². The van der Waals surface area contributed by atoms with Crippen LogP contribution in [0.2, 0.25) is 5.02 Å². The van der Waals surface area contributed by atoms with E-state index in [9.17, 15) is 13.5 Å². The molecule has 30 heavy (non-hydrogen) atoms. The summed E-state index contributed by atoms with van der Waals surface area (Å²) in [7, 11) is -2.32. The van der Waals surface area contributed by atoms with E-state index in [1.807, 2.05) is 0 Å². The second-order valence-corrected chi connectivity index (χ2v) is 9.45. The van der Waals surface area contributed by atoms with Gasteiger partial charge in [-0.3, -0.25) is 5.41 Å². The molecule has 0 fully saturated rings. The number of anilines is 1. The highest BCUT2D eigenvalue weighted by molar-refractivity contribution is 7.89. The largest absolute Gasteiger partial charge is 0.390 e. The van der Waals surface area contributed by atoms with Gasteiger partial charge in [-0.05, 0) is 59.3 Å². The van der Waals surface area contributed by atoms with Crippen LogP contribution in [0.5, 0.6) is 0 Å². The predicted molar refractivity (Wildman–Crippen MR) is 121 cm³/mol. The molecule has 0 saturated carbocycles. The van der Waals surface area contributed by atoms with E-state index in [4.69, 9.17) is 22.7 Å². The van der Waals surface area contributed by atoms with Gasteiger partial charge in [-0.15, -0.1) is 0 Å². The summed E-state index contributed by atoms with van der Waals surface area (Å²) in [5.74, 6) is -0.0230. The second kappa shape index (κ2) is 9.01. The Morgan fingerprint density at radius 3 is 2.43 bits per heavy atom. The van der Waals surface area contributed by atoms with Crippen LogP contribution in [-0.2, 0) is 10.0 Å². The number of sulfonamides is 1. The van der Waals surface area contributed by atoms with Gasteiger partial charge in [-0.1, -0.05) is 23.7 Å². The van der Waals surface area contributed by atoms with Crippen LogP contribution in [0.25, 0.3) is 10.8 Å². The number of nitrogens with zero attached hydrogens (tertiary/aromatic N) is 1. The number of hydrogen-bond acceptors (Lipinski definition) is 5. The van der Waals surface area contributed by atoms with Gasteiger partial charge in [0.05, 0.1) is 11.0 Å². The van der Waals surface area contributed by atoms with Crippen molar-refractivity contribution in [2.75, 3.05) is 25.5 Å². The first-order valence-corrected chi connectivity index (χ1v) is 11.0. The number of amidine groups is 1. The molecule has 5 N–H and O–H groups in total. The van der Waals surface area contributed by atoms with Crippen molar-refractivity contribution in [3.8, 4) is 0 Å². The third-order valence-electron chi connectivity index (χ3n) is 4.69. The summed E-state index contributed by atoms with van der Waals surface area (Å²) in [6, 6.07) is 17.0. The smallest absolute Gasteiger partial charge is 0.242 e. The Morgan fingerprint density at radius 1 is 1.13 bits per heavy atom. The highest BCUT2D eigenvalue weighted by Crippen LogP contribution is 2.24. The number of aliphatic hydroxyl groups is 1. The Balaban J connectivity index is 1.64. The van der Waals surface area contributed by atoms with Crippen LogP contribution in [0, 0.1) is 5.41 Å². The topological polar surface area (TPSA) is 120 Å². The molecule has 3 rings (SSSR count). The van der Waals surface area contributed by atoms with Crippen molar-refractivity contribution < 1.29 is 13.5 Å². The number of fused-ring (bicyclic) bond motifs is 1. The minimum Gasteiger partial charge on any atom is -0.390 e. The average molecular weight is 447 g/mol. The average Bonchev–Trinajstić information content (AvgIpc) is 2.72. The van der Waals surface area contributed by atoms with Crippen LogP contribution in [0.1, 0.15) is 5.56 Å². The van der Waals surface area contributed by atoms with E-state index in [0.29, 0.717) is 10.6 Å². The van der Waals surface area contributed by atoms with E-state index in [-0.39, 0.29) is 23.8 Å². The van der Waals surface area contributed by atoms with E-state index >= 15 is 0 Å². The normalized spacial score (nSPS) is 12.8. The van der Waals surface area contributed by atoms with E-state index in [0.717, 1.165) is 20.8 Å². The number of nitrogen functional groups attached to an aromatic ring is 1. The number of nitrogens with one attached hydrogen (secondary N) is 2. The molecule has 158 valence electrons. The molecule has 0 bridgehead atoms. The minimum atomic E-state index is -3.76. The molecule has 0 aliphatic carbocycles. The zero-order valence-electron chi connectivity index (χ0n) is 16.3. The van der Waals surface area contributed by atoms with E-state index < -0.39 is 16.1 Å². The van der Waals surface area contributed by atoms with Gasteiger partial charge in [0.15, 0.2) is 0 Å². The number of nitrogens with two attached hydrogens (primary N) is 1. The highest BCUT2D eigenvalue weighted by atomic mass is 35.5. The standard InChI is InChI=1S/C21H23ClN4O3S/c1-26(13-19(27)12-25-18-7-3-14(4-8-18)21(23)24)30(28,29)20-9-5-15-10-17(22)6-2-16(15)11-20/h2-11,19,25,27H,12-13H2,1H3,(H3,23,24). The van der Waals surface area contributed by atoms with Crippen LogP contribution < -0.4 is 11.1 Å². The van der Waals surface area contributed by atoms with Gasteiger partial charge >= 0.3 is 0 Å². The summed E-state index contributed by atoms with van der Waals surface area (Å²) in [5.41, 5.74) is 6.76. The molecule has 0 spiro atoms. The first-order valence-electron chi connectivity index (χ1n) is 9.19. The Kier molecular flexibility index (Phi) is 6.62. The molecule has 7 nitrogen and oxygen atoms in total. The molecule has 0 radical (unpaired) electrons. The number of rotatable bonds is 8. The van der Waals surface area contributed by atoms with Gasteiger partial charge in [-0.25, -0.2) is 8.42 Å². The maximum absolute atomic E-state index is 12.9. The van der Waals surface area contributed by atoms with Crippen LogP contribution in [0.15, 0.2) is 65.6 Å². The molecule has 9 heteroatoms. The fourth-order valence-corrected chi connectivity index (χ4v) is 4.42. The van der Waals surface area contributed by atoms with Gasteiger partial charge in [0.25, 0.3) is 0 Å². The number of hydrogen-bond donors (Lipinski definition) is 4. The van der Waals surface area contributed by atoms with Gasteiger partial charge in [0, 0.05) is 36.4 Å². The number of aliphatic hydroxyl groups excluding tert-OH is 1. The van der Waals surface area contributed by atoms with Gasteiger partial charge in [0.1, 0.15) is 5.84 Å². The van der Waals surface area contributed by atoms with Crippen molar-refractivity contribution >= 4 is 43.9 Å². The number of benzene rings is 3. The summed E-state index contributed by atoms with van der Waals surface area (Å²) in [6.45, 7) is 0.0923. The number of halogens is 1. The lowest BCUT2D eigenvalue weighted by Gasteiger charge is -2.21. The summed E-state index contributed by atoms with van der Waals surface area (Å²) < 4.78 is 26.9. The van der Waals surface area contributed by atoms with Crippen molar-refractivity contribution in [3.63, 3.8) is 0 Å². The van der Waals surface area contributed by atoms with Crippen LogP contribution in [0.4, 0.5) is 5.69 Å². The summed E-state index contributed by atoms with van der Waals surface area (Å²) in [5, 5.41) is 22.9. The molecule has 0 aliphatic rings. The Hall–Kier alpha value is -2.65. The number of likely N-dealkylation sites (N-methyl/N-ethyl adjacent to an activating group) is 1. The monoisotopic (exact) mass is 446 g/mol. The van der Waals surface area contributed by atoms with Gasteiger partial charge in [0.2, 0.25) is 10.0 Å². The third kappa shape index (κ3) is 5.09. The van der Waals surface area contributed by atoms with E-state index in [2.05, 4.69) is 5.32 Å². The van der Waals surface area contributed by atoms with Crippen molar-refractivity contribution in [2.45, 2.75) is 11.0 Å². The molecule has 0 heterocycles. The van der Waals surface area contributed by atoms with Crippen LogP contribution >= 0.6 is 11.6 Å². The first-order chi connectivity index (χ1) is 14.2. The van der Waals surface area contributed by atoms with Crippen molar-refractivity contribution in [1.29, 1.82) is 5.41 Å². The maximum Gasteiger partial charge on any atom is 0.242 e. The minimum absolute atomic E-state index is 0.0230. The second-order valence-electron chi connectivity index (χ2n) is 6.96. The van der Waals surface area contributed by atoms with E-state index in [1.54, 1.807) is 54.6 Å². The molecule has 0 saturated heterocycles. The van der Waals surface area contributed by atoms with Crippen molar-refractivity contribution in [2.24, 2.45) is 5.73 Å². The van der Waals surface area contributed by atoms with E-state index in [1.165, 1.54) is 13.1 Å². The highest BCUT2D eigenvalue weighted by Gasteiger charge is 2.23. The molecule has 0 aliphatic heterocycles. The molecule has 0 aromatic heterocycles. The summed E-state index contributed by atoms with van der Waals surface area (Å²) in [4.78, 5) is 0.153. The molecule has 3 aromatic carbocycles.